The average molecular weight is 507 g/mol. The van der Waals surface area contributed by atoms with Crippen molar-refractivity contribution in [3.63, 3.8) is 0 Å². The third kappa shape index (κ3) is 5.09. The number of nitrogens with one attached hydrogen (secondary N) is 1. The predicted molar refractivity (Wildman–Crippen MR) is 129 cm³/mol. The Morgan fingerprint density at radius 2 is 1.74 bits per heavy atom. The molecule has 35 heavy (non-hydrogen) atoms. The first kappa shape index (κ1) is 24.5. The molecule has 0 amide bonds. The van der Waals surface area contributed by atoms with E-state index in [-0.39, 0.29) is 22.3 Å². The van der Waals surface area contributed by atoms with Crippen LogP contribution in [0.25, 0.3) is 0 Å². The monoisotopic (exact) mass is 506 g/mol. The number of piperazine rings is 1. The normalized spacial score (nSPS) is 14.2. The second-order valence-electron chi connectivity index (χ2n) is 8.16. The molecule has 1 N–H and O–H groups in total. The van der Waals surface area contributed by atoms with Crippen LogP contribution in [0.3, 0.4) is 0 Å². The van der Waals surface area contributed by atoms with E-state index >= 15 is 0 Å². The second-order valence-corrected chi connectivity index (χ2v) is 8.57. The highest BCUT2D eigenvalue weighted by atomic mass is 35.5. The molecular formula is C23H22ClF3N6O2. The molecule has 1 aromatic heterocycles. The largest absolute Gasteiger partial charge is 0.416 e. The highest BCUT2D eigenvalue weighted by molar-refractivity contribution is 6.33. The lowest BCUT2D eigenvalue weighted by molar-refractivity contribution is -0.383. The number of aryl methyl sites for hydroxylation is 1. The van der Waals surface area contributed by atoms with E-state index in [0.717, 1.165) is 30.2 Å². The van der Waals surface area contributed by atoms with Gasteiger partial charge >= 0.3 is 11.9 Å². The van der Waals surface area contributed by atoms with Gasteiger partial charge < -0.3 is 15.1 Å². The summed E-state index contributed by atoms with van der Waals surface area (Å²) in [4.78, 5) is 23.4. The molecule has 0 spiro atoms. The van der Waals surface area contributed by atoms with E-state index < -0.39 is 22.4 Å². The van der Waals surface area contributed by atoms with Crippen molar-refractivity contribution in [1.82, 2.24) is 9.97 Å². The zero-order chi connectivity index (χ0) is 25.3. The molecule has 2 heterocycles. The van der Waals surface area contributed by atoms with Crippen LogP contribution in [0.2, 0.25) is 5.02 Å². The molecule has 3 aromatic rings. The van der Waals surface area contributed by atoms with Gasteiger partial charge in [0.25, 0.3) is 0 Å². The van der Waals surface area contributed by atoms with E-state index in [1.165, 1.54) is 11.1 Å². The van der Waals surface area contributed by atoms with Crippen LogP contribution in [0.4, 0.5) is 41.9 Å². The maximum atomic E-state index is 13.1. The van der Waals surface area contributed by atoms with Gasteiger partial charge in [-0.1, -0.05) is 23.7 Å². The highest BCUT2D eigenvalue weighted by Gasteiger charge is 2.33. The van der Waals surface area contributed by atoms with Gasteiger partial charge in [-0.05, 0) is 49.2 Å². The molecule has 0 bridgehead atoms. The second kappa shape index (κ2) is 9.57. The van der Waals surface area contributed by atoms with Gasteiger partial charge in [-0.3, -0.25) is 10.1 Å². The molecule has 0 saturated carbocycles. The van der Waals surface area contributed by atoms with Crippen LogP contribution in [0, 0.1) is 24.0 Å². The number of alkyl halides is 3. The fourth-order valence-electron chi connectivity index (χ4n) is 4.02. The molecule has 8 nitrogen and oxygen atoms in total. The van der Waals surface area contributed by atoms with Crippen LogP contribution < -0.4 is 15.1 Å². The third-order valence-corrected chi connectivity index (χ3v) is 6.36. The molecule has 1 saturated heterocycles. The molecule has 0 unspecified atom stereocenters. The molecule has 1 aliphatic heterocycles. The lowest BCUT2D eigenvalue weighted by Crippen LogP contribution is -2.47. The van der Waals surface area contributed by atoms with Crippen LogP contribution in [0.1, 0.15) is 16.7 Å². The molecule has 0 aliphatic carbocycles. The summed E-state index contributed by atoms with van der Waals surface area (Å²) in [7, 11) is 0. The van der Waals surface area contributed by atoms with E-state index in [1.54, 1.807) is 4.90 Å². The quantitative estimate of drug-likeness (QED) is 0.348. The zero-order valence-corrected chi connectivity index (χ0v) is 19.7. The number of halogens is 4. The molecule has 2 aromatic carbocycles. The minimum atomic E-state index is -4.60. The van der Waals surface area contributed by atoms with Crippen LogP contribution in [0.15, 0.2) is 42.7 Å². The number of aromatic nitrogens is 2. The van der Waals surface area contributed by atoms with Crippen molar-refractivity contribution < 1.29 is 18.1 Å². The number of hydrogen-bond donors (Lipinski definition) is 1. The number of rotatable bonds is 5. The summed E-state index contributed by atoms with van der Waals surface area (Å²) in [5.74, 6) is -0.144. The van der Waals surface area contributed by atoms with E-state index in [9.17, 15) is 23.3 Å². The molecule has 1 fully saturated rings. The molecule has 4 rings (SSSR count). The van der Waals surface area contributed by atoms with E-state index in [1.807, 2.05) is 25.1 Å². The number of nitrogens with zero attached hydrogens (tertiary/aromatic N) is 5. The number of anilines is 4. The standard InChI is InChI=1S/C23H22ClF3N6O2/c1-14-4-3-5-19(15(14)2)31-8-10-32(11-9-31)22-20(33(34)35)21(28-13-29-22)30-18-12-16(23(25,26)27)6-7-17(18)24/h3-7,12-13H,8-11H2,1-2H3,(H,28,29,30). The first-order chi connectivity index (χ1) is 16.6. The van der Waals surface area contributed by atoms with Gasteiger partial charge in [-0.25, -0.2) is 9.97 Å². The van der Waals surface area contributed by atoms with Crippen molar-refractivity contribution in [2.45, 2.75) is 20.0 Å². The Kier molecular flexibility index (Phi) is 6.70. The predicted octanol–water partition coefficient (Wildman–Crippen LogP) is 5.74. The maximum Gasteiger partial charge on any atom is 0.416 e. The van der Waals surface area contributed by atoms with Gasteiger partial charge in [0.1, 0.15) is 6.33 Å². The van der Waals surface area contributed by atoms with E-state index in [0.29, 0.717) is 26.2 Å². The summed E-state index contributed by atoms with van der Waals surface area (Å²) < 4.78 is 39.4. The Labute approximate surface area is 204 Å². The fourth-order valence-corrected chi connectivity index (χ4v) is 4.19. The number of benzene rings is 2. The Morgan fingerprint density at radius 1 is 1.06 bits per heavy atom. The van der Waals surface area contributed by atoms with Crippen LogP contribution in [-0.4, -0.2) is 41.1 Å². The lowest BCUT2D eigenvalue weighted by Gasteiger charge is -2.37. The number of nitro groups is 1. The topological polar surface area (TPSA) is 87.4 Å². The van der Waals surface area contributed by atoms with Crippen molar-refractivity contribution in [3.05, 3.63) is 74.6 Å². The molecular weight excluding hydrogens is 485 g/mol. The molecule has 0 atom stereocenters. The van der Waals surface area contributed by atoms with Crippen molar-refractivity contribution in [2.75, 3.05) is 41.3 Å². The highest BCUT2D eigenvalue weighted by Crippen LogP contribution is 2.38. The SMILES string of the molecule is Cc1cccc(N2CCN(c3ncnc(Nc4cc(C(F)(F)F)ccc4Cl)c3[N+](=O)[O-])CC2)c1C. The van der Waals surface area contributed by atoms with Crippen LogP contribution >= 0.6 is 11.6 Å². The van der Waals surface area contributed by atoms with Gasteiger partial charge in [0.05, 0.1) is 21.2 Å². The Morgan fingerprint density at radius 3 is 2.40 bits per heavy atom. The lowest BCUT2D eigenvalue weighted by atomic mass is 10.1. The fraction of sp³-hybridized carbons (Fsp3) is 0.304. The first-order valence-electron chi connectivity index (χ1n) is 10.8. The molecule has 12 heteroatoms. The zero-order valence-electron chi connectivity index (χ0n) is 18.9. The average Bonchev–Trinajstić information content (AvgIpc) is 2.81. The van der Waals surface area contributed by atoms with Crippen LogP contribution in [-0.2, 0) is 6.18 Å². The number of hydrogen-bond acceptors (Lipinski definition) is 7. The summed E-state index contributed by atoms with van der Waals surface area (Å²) in [6.45, 7) is 6.28. The minimum Gasteiger partial charge on any atom is -0.368 e. The smallest absolute Gasteiger partial charge is 0.368 e. The van der Waals surface area contributed by atoms with Crippen molar-refractivity contribution >= 4 is 40.3 Å². The molecule has 1 aliphatic rings. The van der Waals surface area contributed by atoms with Gasteiger partial charge in [0, 0.05) is 31.9 Å². The van der Waals surface area contributed by atoms with E-state index in [2.05, 4.69) is 27.1 Å². The Bertz CT molecular complexity index is 1260. The van der Waals surface area contributed by atoms with Crippen molar-refractivity contribution in [2.24, 2.45) is 0 Å². The summed E-state index contributed by atoms with van der Waals surface area (Å²) in [6.07, 6.45) is -3.46. The summed E-state index contributed by atoms with van der Waals surface area (Å²) in [6, 6.07) is 8.79. The summed E-state index contributed by atoms with van der Waals surface area (Å²) >= 11 is 6.06. The Hall–Kier alpha value is -3.60. The van der Waals surface area contributed by atoms with Gasteiger partial charge in [0.2, 0.25) is 11.6 Å². The maximum absolute atomic E-state index is 13.1. The summed E-state index contributed by atoms with van der Waals surface area (Å²) in [5, 5.41) is 14.6. The van der Waals surface area contributed by atoms with E-state index in [4.69, 9.17) is 11.6 Å². The Balaban J connectivity index is 1.61. The van der Waals surface area contributed by atoms with Crippen LogP contribution in [0.5, 0.6) is 0 Å². The molecule has 184 valence electrons. The minimum absolute atomic E-state index is 0.0328. The van der Waals surface area contributed by atoms with Gasteiger partial charge in [-0.2, -0.15) is 13.2 Å². The van der Waals surface area contributed by atoms with Gasteiger partial charge in [0.15, 0.2) is 0 Å². The van der Waals surface area contributed by atoms with Crippen molar-refractivity contribution in [3.8, 4) is 0 Å². The summed E-state index contributed by atoms with van der Waals surface area (Å²) in [5.41, 5.74) is 1.96. The third-order valence-electron chi connectivity index (χ3n) is 6.03. The van der Waals surface area contributed by atoms with Gasteiger partial charge in [-0.15, -0.1) is 0 Å². The van der Waals surface area contributed by atoms with Crippen molar-refractivity contribution in [1.29, 1.82) is 0 Å². The molecule has 0 radical (unpaired) electrons. The first-order valence-corrected chi connectivity index (χ1v) is 11.1.